The van der Waals surface area contributed by atoms with E-state index in [1.54, 1.807) is 24.3 Å². The van der Waals surface area contributed by atoms with Crippen LogP contribution in [0.25, 0.3) is 0 Å². The smallest absolute Gasteiger partial charge is 0.416 e. The molecule has 32 heavy (non-hydrogen) atoms. The SMILES string of the molecule is O=C(Nc1cccc(C(F)(F)F)c1)N[C@H]1CO[C@H]2[C@@H]1OC[C@H]2OC(=O)Nc1ccccc1. The van der Waals surface area contributed by atoms with Gasteiger partial charge in [0.05, 0.1) is 24.8 Å². The molecular formula is C21H20F3N3O5. The molecule has 4 atom stereocenters. The molecule has 8 nitrogen and oxygen atoms in total. The molecule has 3 N–H and O–H groups in total. The van der Waals surface area contributed by atoms with E-state index < -0.39 is 48.2 Å². The quantitative estimate of drug-likeness (QED) is 0.660. The van der Waals surface area contributed by atoms with Crippen LogP contribution in [-0.4, -0.2) is 49.7 Å². The van der Waals surface area contributed by atoms with Crippen molar-refractivity contribution in [2.45, 2.75) is 30.5 Å². The number of fused-ring (bicyclic) bond motifs is 1. The number of alkyl halides is 3. The van der Waals surface area contributed by atoms with Crippen molar-refractivity contribution >= 4 is 23.5 Å². The van der Waals surface area contributed by atoms with Crippen molar-refractivity contribution in [1.29, 1.82) is 0 Å². The van der Waals surface area contributed by atoms with E-state index >= 15 is 0 Å². The van der Waals surface area contributed by atoms with Gasteiger partial charge in [0, 0.05) is 11.4 Å². The Balaban J connectivity index is 1.29. The Hall–Kier alpha value is -3.31. The first-order chi connectivity index (χ1) is 15.3. The molecule has 2 aliphatic rings. The number of anilines is 2. The molecule has 0 saturated carbocycles. The zero-order chi connectivity index (χ0) is 22.7. The molecule has 4 rings (SSSR count). The number of carbonyl (C=O) groups excluding carboxylic acids is 2. The van der Waals surface area contributed by atoms with Crippen LogP contribution in [0.5, 0.6) is 0 Å². The Morgan fingerprint density at radius 3 is 2.38 bits per heavy atom. The number of benzene rings is 2. The number of hydrogen-bond donors (Lipinski definition) is 3. The Morgan fingerprint density at radius 1 is 0.906 bits per heavy atom. The van der Waals surface area contributed by atoms with Crippen molar-refractivity contribution in [1.82, 2.24) is 5.32 Å². The van der Waals surface area contributed by atoms with E-state index in [1.807, 2.05) is 6.07 Å². The van der Waals surface area contributed by atoms with Crippen LogP contribution in [0.1, 0.15) is 5.56 Å². The Bertz CT molecular complexity index is 973. The maximum atomic E-state index is 12.8. The van der Waals surface area contributed by atoms with Crippen LogP contribution >= 0.6 is 0 Å². The van der Waals surface area contributed by atoms with Gasteiger partial charge in [-0.05, 0) is 30.3 Å². The second kappa shape index (κ2) is 9.05. The monoisotopic (exact) mass is 451 g/mol. The van der Waals surface area contributed by atoms with Crippen LogP contribution in [0.15, 0.2) is 54.6 Å². The Morgan fingerprint density at radius 2 is 1.62 bits per heavy atom. The highest BCUT2D eigenvalue weighted by Gasteiger charge is 2.50. The van der Waals surface area contributed by atoms with E-state index in [0.29, 0.717) is 5.69 Å². The summed E-state index contributed by atoms with van der Waals surface area (Å²) in [5.74, 6) is 0. The first-order valence-electron chi connectivity index (χ1n) is 9.80. The molecule has 2 heterocycles. The molecule has 2 aliphatic heterocycles. The van der Waals surface area contributed by atoms with E-state index in [9.17, 15) is 22.8 Å². The average molecular weight is 451 g/mol. The number of carbonyl (C=O) groups is 2. The van der Waals surface area contributed by atoms with Crippen molar-refractivity contribution in [3.05, 3.63) is 60.2 Å². The lowest BCUT2D eigenvalue weighted by Gasteiger charge is -2.18. The van der Waals surface area contributed by atoms with Crippen molar-refractivity contribution < 1.29 is 37.0 Å². The minimum atomic E-state index is -4.51. The van der Waals surface area contributed by atoms with Gasteiger partial charge in [0.25, 0.3) is 0 Å². The summed E-state index contributed by atoms with van der Waals surface area (Å²) in [5, 5.41) is 7.61. The highest BCUT2D eigenvalue weighted by Crippen LogP contribution is 2.31. The zero-order valence-electron chi connectivity index (χ0n) is 16.6. The second-order valence-electron chi connectivity index (χ2n) is 7.31. The van der Waals surface area contributed by atoms with E-state index in [1.165, 1.54) is 12.1 Å². The third-order valence-corrected chi connectivity index (χ3v) is 5.05. The molecule has 2 fully saturated rings. The van der Waals surface area contributed by atoms with Crippen LogP contribution in [-0.2, 0) is 20.4 Å². The lowest BCUT2D eigenvalue weighted by atomic mass is 10.1. The topological polar surface area (TPSA) is 97.9 Å². The van der Waals surface area contributed by atoms with Gasteiger partial charge in [-0.1, -0.05) is 24.3 Å². The number of nitrogens with one attached hydrogen (secondary N) is 3. The Kier molecular flexibility index (Phi) is 6.19. The van der Waals surface area contributed by atoms with Gasteiger partial charge in [-0.25, -0.2) is 9.59 Å². The zero-order valence-corrected chi connectivity index (χ0v) is 16.6. The highest BCUT2D eigenvalue weighted by molar-refractivity contribution is 5.89. The van der Waals surface area contributed by atoms with Crippen molar-refractivity contribution in [3.8, 4) is 0 Å². The fraction of sp³-hybridized carbons (Fsp3) is 0.333. The third kappa shape index (κ3) is 5.11. The van der Waals surface area contributed by atoms with Crippen LogP contribution < -0.4 is 16.0 Å². The number of ether oxygens (including phenoxy) is 3. The van der Waals surface area contributed by atoms with Gasteiger partial charge in [0.15, 0.2) is 6.10 Å². The summed E-state index contributed by atoms with van der Waals surface area (Å²) in [6, 6.07) is 11.8. The van der Waals surface area contributed by atoms with Crippen molar-refractivity contribution in [2.24, 2.45) is 0 Å². The third-order valence-electron chi connectivity index (χ3n) is 5.05. The fourth-order valence-corrected chi connectivity index (χ4v) is 3.60. The molecule has 3 amide bonds. The normalized spacial score (nSPS) is 24.5. The molecule has 0 bridgehead atoms. The van der Waals surface area contributed by atoms with Gasteiger partial charge in [0.2, 0.25) is 0 Å². The first-order valence-corrected chi connectivity index (χ1v) is 9.80. The van der Waals surface area contributed by atoms with E-state index in [2.05, 4.69) is 16.0 Å². The lowest BCUT2D eigenvalue weighted by molar-refractivity contribution is -0.137. The molecule has 0 unspecified atom stereocenters. The summed E-state index contributed by atoms with van der Waals surface area (Å²) in [7, 11) is 0. The van der Waals surface area contributed by atoms with Gasteiger partial charge in [0.1, 0.15) is 12.2 Å². The van der Waals surface area contributed by atoms with E-state index in [0.717, 1.165) is 12.1 Å². The molecule has 11 heteroatoms. The number of rotatable bonds is 4. The molecule has 170 valence electrons. The van der Waals surface area contributed by atoms with Gasteiger partial charge >= 0.3 is 18.3 Å². The van der Waals surface area contributed by atoms with Gasteiger partial charge in [-0.3, -0.25) is 5.32 Å². The summed E-state index contributed by atoms with van der Waals surface area (Å²) in [5.41, 5.74) is -0.294. The Labute approximate surface area is 181 Å². The summed E-state index contributed by atoms with van der Waals surface area (Å²) in [6.07, 6.45) is -6.97. The standard InChI is InChI=1S/C21H20F3N3O5/c22-21(23,24)12-5-4-8-14(9-12)25-19(28)27-15-10-30-18-16(11-31-17(15)18)32-20(29)26-13-6-2-1-3-7-13/h1-9,15-18H,10-11H2,(H,26,29)(H2,25,27,28)/t15-,16+,17+,18+/m0/s1. The van der Waals surface area contributed by atoms with Crippen LogP contribution in [0.4, 0.5) is 34.1 Å². The highest BCUT2D eigenvalue weighted by atomic mass is 19.4. The van der Waals surface area contributed by atoms with Crippen LogP contribution in [0, 0.1) is 0 Å². The summed E-state index contributed by atoms with van der Waals surface area (Å²) in [4.78, 5) is 24.4. The number of urea groups is 1. The number of para-hydroxylation sites is 1. The minimum absolute atomic E-state index is 0.000997. The van der Waals surface area contributed by atoms with Gasteiger partial charge in [-0.15, -0.1) is 0 Å². The van der Waals surface area contributed by atoms with Crippen LogP contribution in [0.3, 0.4) is 0 Å². The van der Waals surface area contributed by atoms with Crippen LogP contribution in [0.2, 0.25) is 0 Å². The first kappa shape index (κ1) is 21.9. The molecule has 2 aromatic rings. The molecular weight excluding hydrogens is 431 g/mol. The van der Waals surface area contributed by atoms with E-state index in [-0.39, 0.29) is 18.9 Å². The van der Waals surface area contributed by atoms with Crippen molar-refractivity contribution in [2.75, 3.05) is 23.8 Å². The molecule has 2 aromatic carbocycles. The number of hydrogen-bond acceptors (Lipinski definition) is 5. The summed E-state index contributed by atoms with van der Waals surface area (Å²) < 4.78 is 55.2. The second-order valence-corrected chi connectivity index (χ2v) is 7.31. The molecule has 0 spiro atoms. The van der Waals surface area contributed by atoms with E-state index in [4.69, 9.17) is 14.2 Å². The fourth-order valence-electron chi connectivity index (χ4n) is 3.60. The average Bonchev–Trinajstić information content (AvgIpc) is 3.32. The van der Waals surface area contributed by atoms with Crippen molar-refractivity contribution in [3.63, 3.8) is 0 Å². The lowest BCUT2D eigenvalue weighted by Crippen LogP contribution is -2.46. The molecule has 0 aromatic heterocycles. The van der Waals surface area contributed by atoms with Gasteiger partial charge in [-0.2, -0.15) is 13.2 Å². The molecule has 0 aliphatic carbocycles. The minimum Gasteiger partial charge on any atom is -0.441 e. The molecule has 2 saturated heterocycles. The summed E-state index contributed by atoms with van der Waals surface area (Å²) in [6.45, 7) is 0.191. The maximum absolute atomic E-state index is 12.8. The summed E-state index contributed by atoms with van der Waals surface area (Å²) >= 11 is 0. The molecule has 0 radical (unpaired) electrons. The largest absolute Gasteiger partial charge is 0.441 e. The predicted octanol–water partition coefficient (Wildman–Crippen LogP) is 3.61. The number of halogens is 3. The number of amides is 3. The predicted molar refractivity (Wildman–Crippen MR) is 107 cm³/mol. The van der Waals surface area contributed by atoms with Gasteiger partial charge < -0.3 is 24.8 Å². The maximum Gasteiger partial charge on any atom is 0.416 e.